The molecule has 0 fully saturated rings. The third-order valence-electron chi connectivity index (χ3n) is 4.30. The topological polar surface area (TPSA) is 24.7 Å². The Balaban J connectivity index is 2.23. The van der Waals surface area contributed by atoms with Crippen LogP contribution in [0, 0.1) is 0 Å². The van der Waals surface area contributed by atoms with Crippen molar-refractivity contribution in [1.82, 2.24) is 0 Å². The highest BCUT2D eigenvalue weighted by Gasteiger charge is 2.50. The van der Waals surface area contributed by atoms with Crippen molar-refractivity contribution in [1.29, 1.82) is 0 Å². The first-order valence-electron chi connectivity index (χ1n) is 8.60. The number of rotatable bonds is 2. The van der Waals surface area contributed by atoms with E-state index < -0.39 is 44.6 Å². The van der Waals surface area contributed by atoms with Gasteiger partial charge in [-0.25, -0.2) is 9.98 Å². The summed E-state index contributed by atoms with van der Waals surface area (Å²) in [5.74, 6) is -0.345. The molecule has 33 heavy (non-hydrogen) atoms. The van der Waals surface area contributed by atoms with Gasteiger partial charge in [0.1, 0.15) is 0 Å². The summed E-state index contributed by atoms with van der Waals surface area (Å²) < 4.78 is 118. The molecular weight excluding hydrogens is 534 g/mol. The summed E-state index contributed by atoms with van der Waals surface area (Å²) in [4.78, 5) is 7.99. The highest BCUT2D eigenvalue weighted by atomic mass is 35.6. The zero-order chi connectivity index (χ0) is 25.0. The Kier molecular flexibility index (Phi) is 6.49. The normalized spacial score (nSPS) is 15.9. The van der Waals surface area contributed by atoms with E-state index in [0.29, 0.717) is 11.6 Å². The van der Waals surface area contributed by atoms with Crippen molar-refractivity contribution in [2.75, 3.05) is 0 Å². The zero-order valence-electron chi connectivity index (χ0n) is 15.6. The Bertz CT molecular complexity index is 1200. The van der Waals surface area contributed by atoms with Crippen LogP contribution in [0.25, 0.3) is 6.08 Å². The molecule has 0 bridgehead atoms. The molecule has 0 amide bonds. The number of fused-ring (bicyclic) bond motifs is 1. The lowest BCUT2D eigenvalue weighted by Gasteiger charge is -2.21. The molecule has 1 heterocycles. The minimum atomic E-state index is -5.91. The van der Waals surface area contributed by atoms with Gasteiger partial charge in [0.15, 0.2) is 9.61 Å². The summed E-state index contributed by atoms with van der Waals surface area (Å²) in [6.45, 7) is 0. The molecule has 3 rings (SSSR count). The van der Waals surface area contributed by atoms with E-state index in [0.717, 1.165) is 0 Å². The van der Waals surface area contributed by atoms with Crippen LogP contribution < -0.4 is 10.7 Å². The average molecular weight is 542 g/mol. The molecule has 0 spiro atoms. The van der Waals surface area contributed by atoms with Crippen LogP contribution in [-0.4, -0.2) is 3.79 Å². The lowest BCUT2D eigenvalue weighted by atomic mass is 9.95. The van der Waals surface area contributed by atoms with Crippen LogP contribution in [-0.2, 0) is 24.9 Å². The first kappa shape index (κ1) is 25.6. The zero-order valence-corrected chi connectivity index (χ0v) is 17.9. The van der Waals surface area contributed by atoms with Crippen molar-refractivity contribution < 1.29 is 39.5 Å². The number of halogens is 12. The van der Waals surface area contributed by atoms with Crippen molar-refractivity contribution in [3.05, 3.63) is 74.7 Å². The van der Waals surface area contributed by atoms with Gasteiger partial charge in [-0.3, -0.25) is 0 Å². The van der Waals surface area contributed by atoms with Gasteiger partial charge in [-0.05, 0) is 35.4 Å². The van der Waals surface area contributed by atoms with Crippen molar-refractivity contribution in [3.8, 4) is 0 Å². The summed E-state index contributed by atoms with van der Waals surface area (Å²) in [5.41, 5.74) is -8.24. The molecule has 0 aliphatic carbocycles. The van der Waals surface area contributed by atoms with Gasteiger partial charge >= 0.3 is 18.5 Å². The predicted molar refractivity (Wildman–Crippen MR) is 102 cm³/mol. The van der Waals surface area contributed by atoms with Gasteiger partial charge in [0.25, 0.3) is 0 Å². The first-order chi connectivity index (χ1) is 14.9. The van der Waals surface area contributed by atoms with Crippen molar-refractivity contribution in [2.24, 2.45) is 9.98 Å². The van der Waals surface area contributed by atoms with Gasteiger partial charge in [0.05, 0.1) is 27.4 Å². The Hall–Kier alpha value is -1.98. The second-order valence-corrected chi connectivity index (χ2v) is 9.30. The van der Waals surface area contributed by atoms with Crippen molar-refractivity contribution >= 4 is 40.9 Å². The fourth-order valence-electron chi connectivity index (χ4n) is 3.13. The molecule has 1 aliphatic rings. The molecular formula is C19H8Cl3F9N2. The molecule has 0 unspecified atom stereocenters. The lowest BCUT2D eigenvalue weighted by molar-refractivity contribution is -0.174. The third-order valence-corrected chi connectivity index (χ3v) is 4.70. The molecule has 2 nitrogen and oxygen atoms in total. The largest absolute Gasteiger partial charge is 0.417 e. The Labute approximate surface area is 194 Å². The van der Waals surface area contributed by atoms with Crippen LogP contribution in [0.15, 0.2) is 46.1 Å². The van der Waals surface area contributed by atoms with Gasteiger partial charge in [-0.15, -0.1) is 0 Å². The minimum Gasteiger partial charge on any atom is -0.227 e. The maximum absolute atomic E-state index is 13.3. The number of alkyl halides is 12. The smallest absolute Gasteiger partial charge is 0.227 e. The summed E-state index contributed by atoms with van der Waals surface area (Å²) in [6.07, 6.45) is -16.8. The molecule has 1 aliphatic heterocycles. The maximum atomic E-state index is 13.3. The van der Waals surface area contributed by atoms with Crippen LogP contribution in [0.4, 0.5) is 39.5 Å². The Morgan fingerprint density at radius 1 is 0.758 bits per heavy atom. The molecule has 0 aromatic heterocycles. The average Bonchev–Trinajstić information content (AvgIpc) is 3.01. The number of hydrogen-bond acceptors (Lipinski definition) is 2. The van der Waals surface area contributed by atoms with Crippen LogP contribution in [0.3, 0.4) is 0 Å². The molecule has 0 saturated heterocycles. The number of para-hydroxylation sites is 1. The van der Waals surface area contributed by atoms with E-state index in [1.54, 1.807) is 0 Å². The quantitative estimate of drug-likeness (QED) is 0.292. The molecule has 0 radical (unpaired) electrons. The van der Waals surface area contributed by atoms with Gasteiger partial charge in [-0.2, -0.15) is 39.5 Å². The van der Waals surface area contributed by atoms with E-state index in [1.165, 1.54) is 18.2 Å². The lowest BCUT2D eigenvalue weighted by Crippen LogP contribution is -2.28. The van der Waals surface area contributed by atoms with Crippen LogP contribution in [0.2, 0.25) is 0 Å². The number of nitrogens with zero attached hydrogens (tertiary/aromatic N) is 2. The second-order valence-electron chi connectivity index (χ2n) is 6.79. The van der Waals surface area contributed by atoms with Crippen LogP contribution in [0.5, 0.6) is 0 Å². The second kappa shape index (κ2) is 8.35. The van der Waals surface area contributed by atoms with Gasteiger partial charge in [0.2, 0.25) is 0 Å². The van der Waals surface area contributed by atoms with E-state index in [9.17, 15) is 39.5 Å². The standard InChI is InChI=1S/C19H8Cl3F9N2/c20-16(21,22)7-9-2-1-3-12-15(9)33-13(32-12)6-8-4-10(17(23,24)25)14(19(29,30)31)11(5-8)18(26,27)28/h1-6H,7H2. The SMILES string of the molecule is FC(F)(F)c1cc(C=C2N=c3cccc(CC(Cl)(Cl)Cl)c3=N2)cc(C(F)(F)F)c1C(F)(F)F. The van der Waals surface area contributed by atoms with Crippen molar-refractivity contribution in [3.63, 3.8) is 0 Å². The monoisotopic (exact) mass is 540 g/mol. The minimum absolute atomic E-state index is 0.0404. The predicted octanol–water partition coefficient (Wildman–Crippen LogP) is 6.91. The van der Waals surface area contributed by atoms with Gasteiger partial charge in [-0.1, -0.05) is 46.9 Å². The van der Waals surface area contributed by atoms with Crippen LogP contribution >= 0.6 is 34.8 Å². The number of benzene rings is 2. The molecule has 0 saturated carbocycles. The first-order valence-corrected chi connectivity index (χ1v) is 9.73. The van der Waals surface area contributed by atoms with Crippen molar-refractivity contribution in [2.45, 2.75) is 28.7 Å². The Morgan fingerprint density at radius 2 is 1.30 bits per heavy atom. The third kappa shape index (κ3) is 5.93. The van der Waals surface area contributed by atoms with E-state index in [4.69, 9.17) is 34.8 Å². The molecule has 0 N–H and O–H groups in total. The maximum Gasteiger partial charge on any atom is 0.417 e. The van der Waals surface area contributed by atoms with Gasteiger partial charge in [0, 0.05) is 6.42 Å². The fraction of sp³-hybridized carbons (Fsp3) is 0.263. The molecule has 178 valence electrons. The molecule has 0 atom stereocenters. The highest BCUT2D eigenvalue weighted by Crippen LogP contribution is 2.47. The van der Waals surface area contributed by atoms with Crippen LogP contribution in [0.1, 0.15) is 27.8 Å². The van der Waals surface area contributed by atoms with Gasteiger partial charge < -0.3 is 0 Å². The fourth-order valence-corrected chi connectivity index (χ4v) is 3.56. The van der Waals surface area contributed by atoms with E-state index in [-0.39, 0.29) is 35.1 Å². The van der Waals surface area contributed by atoms with E-state index in [1.807, 2.05) is 0 Å². The number of hydrogen-bond donors (Lipinski definition) is 0. The summed E-state index contributed by atoms with van der Waals surface area (Å²) >= 11 is 17.2. The molecule has 2 aromatic rings. The van der Waals surface area contributed by atoms with E-state index >= 15 is 0 Å². The molecule has 2 aromatic carbocycles. The molecule has 14 heteroatoms. The van der Waals surface area contributed by atoms with E-state index in [2.05, 4.69) is 9.98 Å². The highest BCUT2D eigenvalue weighted by molar-refractivity contribution is 6.67. The summed E-state index contributed by atoms with van der Waals surface area (Å²) in [5, 5.41) is 0.348. The summed E-state index contributed by atoms with van der Waals surface area (Å²) in [7, 11) is 0. The summed E-state index contributed by atoms with van der Waals surface area (Å²) in [6, 6.07) is 4.39. The Morgan fingerprint density at radius 3 is 1.76 bits per heavy atom.